The average Bonchev–Trinajstić information content (AvgIpc) is 2.90. The summed E-state index contributed by atoms with van der Waals surface area (Å²) in [5.74, 6) is 0.207. The van der Waals surface area contributed by atoms with E-state index in [9.17, 15) is 9.59 Å². The maximum absolute atomic E-state index is 12.7. The molecular weight excluding hydrogens is 328 g/mol. The van der Waals surface area contributed by atoms with Gasteiger partial charge in [0.25, 0.3) is 0 Å². The van der Waals surface area contributed by atoms with Gasteiger partial charge in [0.05, 0.1) is 13.0 Å². The highest BCUT2D eigenvalue weighted by molar-refractivity contribution is 5.90. The number of hydrogen-bond donors (Lipinski definition) is 2. The molecular formula is C20H28N4O2. The molecule has 1 aromatic heterocycles. The second-order valence-electron chi connectivity index (χ2n) is 7.33. The van der Waals surface area contributed by atoms with Crippen LogP contribution in [0.15, 0.2) is 24.3 Å². The quantitative estimate of drug-likeness (QED) is 0.857. The largest absolute Gasteiger partial charge is 0.358 e. The number of nitrogens with zero attached hydrogens (tertiary/aromatic N) is 2. The number of piperazine rings is 1. The number of benzene rings is 1. The Labute approximate surface area is 154 Å². The molecule has 6 heteroatoms. The van der Waals surface area contributed by atoms with Gasteiger partial charge in [-0.15, -0.1) is 0 Å². The third-order valence-corrected chi connectivity index (χ3v) is 4.90. The standard InChI is InChI=1S/C20H28N4O2/c1-14(2)21-19(25)13-23-8-10-24(11-9-23)20(26)12-17-15(3)22-18-7-5-4-6-16(17)18/h4-7,14,22H,8-13H2,1-3H3,(H,21,25). The summed E-state index contributed by atoms with van der Waals surface area (Å²) in [6, 6.07) is 8.26. The number of aromatic amines is 1. The van der Waals surface area contributed by atoms with Gasteiger partial charge in [-0.05, 0) is 32.4 Å². The number of aromatic nitrogens is 1. The first-order valence-corrected chi connectivity index (χ1v) is 9.29. The third kappa shape index (κ3) is 4.25. The van der Waals surface area contributed by atoms with Gasteiger partial charge in [0.2, 0.25) is 11.8 Å². The minimum atomic E-state index is 0.0502. The molecule has 0 bridgehead atoms. The molecule has 0 saturated carbocycles. The Morgan fingerprint density at radius 3 is 2.54 bits per heavy atom. The number of fused-ring (bicyclic) bond motifs is 1. The molecule has 1 aliphatic heterocycles. The monoisotopic (exact) mass is 356 g/mol. The van der Waals surface area contributed by atoms with E-state index in [1.165, 1.54) is 0 Å². The van der Waals surface area contributed by atoms with Crippen LogP contribution in [0, 0.1) is 6.92 Å². The van der Waals surface area contributed by atoms with E-state index in [1.807, 2.05) is 43.9 Å². The molecule has 1 fully saturated rings. The van der Waals surface area contributed by atoms with Crippen molar-refractivity contribution >= 4 is 22.7 Å². The molecule has 0 unspecified atom stereocenters. The molecule has 2 aromatic rings. The fourth-order valence-electron chi connectivity index (χ4n) is 3.55. The molecule has 1 aromatic carbocycles. The number of aryl methyl sites for hydroxylation is 1. The molecule has 26 heavy (non-hydrogen) atoms. The van der Waals surface area contributed by atoms with Crippen LogP contribution in [0.5, 0.6) is 0 Å². The Kier molecular flexibility index (Phi) is 5.61. The number of amides is 2. The first-order chi connectivity index (χ1) is 12.4. The lowest BCUT2D eigenvalue weighted by atomic mass is 10.1. The molecule has 0 aliphatic carbocycles. The maximum atomic E-state index is 12.7. The summed E-state index contributed by atoms with van der Waals surface area (Å²) < 4.78 is 0. The fraction of sp³-hybridized carbons (Fsp3) is 0.500. The van der Waals surface area contributed by atoms with Crippen molar-refractivity contribution in [3.63, 3.8) is 0 Å². The van der Waals surface area contributed by atoms with E-state index in [1.54, 1.807) is 0 Å². The van der Waals surface area contributed by atoms with Gasteiger partial charge in [0.15, 0.2) is 0 Å². The van der Waals surface area contributed by atoms with Gasteiger partial charge < -0.3 is 15.2 Å². The van der Waals surface area contributed by atoms with Crippen LogP contribution < -0.4 is 5.32 Å². The van der Waals surface area contributed by atoms with Crippen molar-refractivity contribution in [2.24, 2.45) is 0 Å². The highest BCUT2D eigenvalue weighted by atomic mass is 16.2. The zero-order valence-electron chi connectivity index (χ0n) is 15.8. The first-order valence-electron chi connectivity index (χ1n) is 9.29. The normalized spacial score (nSPS) is 15.6. The molecule has 1 saturated heterocycles. The van der Waals surface area contributed by atoms with Crippen molar-refractivity contribution in [2.45, 2.75) is 33.2 Å². The second kappa shape index (κ2) is 7.91. The van der Waals surface area contributed by atoms with Gasteiger partial charge in [0.1, 0.15) is 0 Å². The zero-order chi connectivity index (χ0) is 18.7. The van der Waals surface area contributed by atoms with E-state index < -0.39 is 0 Å². The maximum Gasteiger partial charge on any atom is 0.234 e. The van der Waals surface area contributed by atoms with Crippen LogP contribution in [-0.4, -0.2) is 65.4 Å². The number of rotatable bonds is 5. The number of carbonyl (C=O) groups excluding carboxylic acids is 2. The molecule has 6 nitrogen and oxygen atoms in total. The van der Waals surface area contributed by atoms with Crippen LogP contribution in [0.3, 0.4) is 0 Å². The van der Waals surface area contributed by atoms with Gasteiger partial charge in [-0.1, -0.05) is 18.2 Å². The van der Waals surface area contributed by atoms with Crippen LogP contribution in [0.4, 0.5) is 0 Å². The second-order valence-corrected chi connectivity index (χ2v) is 7.33. The lowest BCUT2D eigenvalue weighted by Gasteiger charge is -2.34. The molecule has 0 spiro atoms. The molecule has 3 rings (SSSR count). The number of carbonyl (C=O) groups is 2. The van der Waals surface area contributed by atoms with E-state index in [2.05, 4.69) is 21.3 Å². The van der Waals surface area contributed by atoms with Crippen LogP contribution in [0.25, 0.3) is 10.9 Å². The van der Waals surface area contributed by atoms with Crippen LogP contribution in [0.1, 0.15) is 25.1 Å². The van der Waals surface area contributed by atoms with Crippen molar-refractivity contribution in [2.75, 3.05) is 32.7 Å². The lowest BCUT2D eigenvalue weighted by Crippen LogP contribution is -2.51. The third-order valence-electron chi connectivity index (χ3n) is 4.90. The average molecular weight is 356 g/mol. The number of H-pyrrole nitrogens is 1. The van der Waals surface area contributed by atoms with Crippen LogP contribution in [0.2, 0.25) is 0 Å². The van der Waals surface area contributed by atoms with Gasteiger partial charge in [-0.2, -0.15) is 0 Å². The molecule has 2 amide bonds. The van der Waals surface area contributed by atoms with Crippen molar-refractivity contribution in [3.05, 3.63) is 35.5 Å². The fourth-order valence-corrected chi connectivity index (χ4v) is 3.55. The molecule has 140 valence electrons. The highest BCUT2D eigenvalue weighted by Gasteiger charge is 2.23. The summed E-state index contributed by atoms with van der Waals surface area (Å²) in [6.07, 6.45) is 0.420. The summed E-state index contributed by atoms with van der Waals surface area (Å²) in [6.45, 7) is 9.18. The first kappa shape index (κ1) is 18.5. The molecule has 0 atom stereocenters. The Morgan fingerprint density at radius 1 is 1.15 bits per heavy atom. The van der Waals surface area contributed by atoms with E-state index in [-0.39, 0.29) is 17.9 Å². The predicted octanol–water partition coefficient (Wildman–Crippen LogP) is 1.69. The van der Waals surface area contributed by atoms with Gasteiger partial charge in [-0.25, -0.2) is 0 Å². The summed E-state index contributed by atoms with van der Waals surface area (Å²) in [7, 11) is 0. The summed E-state index contributed by atoms with van der Waals surface area (Å²) in [4.78, 5) is 32.0. The van der Waals surface area contributed by atoms with Crippen LogP contribution >= 0.6 is 0 Å². The number of hydrogen-bond acceptors (Lipinski definition) is 3. The van der Waals surface area contributed by atoms with E-state index in [4.69, 9.17) is 0 Å². The Bertz CT molecular complexity index is 788. The van der Waals surface area contributed by atoms with Crippen molar-refractivity contribution < 1.29 is 9.59 Å². The van der Waals surface area contributed by atoms with Gasteiger partial charge in [0, 0.05) is 48.8 Å². The van der Waals surface area contributed by atoms with Crippen molar-refractivity contribution in [1.29, 1.82) is 0 Å². The minimum absolute atomic E-state index is 0.0502. The smallest absolute Gasteiger partial charge is 0.234 e. The highest BCUT2D eigenvalue weighted by Crippen LogP contribution is 2.23. The van der Waals surface area contributed by atoms with Crippen LogP contribution in [-0.2, 0) is 16.0 Å². The van der Waals surface area contributed by atoms with Gasteiger partial charge >= 0.3 is 0 Å². The van der Waals surface area contributed by atoms with Crippen molar-refractivity contribution in [1.82, 2.24) is 20.1 Å². The van der Waals surface area contributed by atoms with E-state index in [0.29, 0.717) is 26.1 Å². The zero-order valence-corrected chi connectivity index (χ0v) is 15.8. The minimum Gasteiger partial charge on any atom is -0.358 e. The number of nitrogens with one attached hydrogen (secondary N) is 2. The summed E-state index contributed by atoms with van der Waals surface area (Å²) >= 11 is 0. The van der Waals surface area contributed by atoms with Gasteiger partial charge in [-0.3, -0.25) is 14.5 Å². The molecule has 2 N–H and O–H groups in total. The lowest BCUT2D eigenvalue weighted by molar-refractivity contribution is -0.132. The number of para-hydroxylation sites is 1. The molecule has 1 aliphatic rings. The predicted molar refractivity (Wildman–Crippen MR) is 103 cm³/mol. The topological polar surface area (TPSA) is 68.4 Å². The van der Waals surface area contributed by atoms with Crippen molar-refractivity contribution in [3.8, 4) is 0 Å². The molecule has 0 radical (unpaired) electrons. The van der Waals surface area contributed by atoms with E-state index in [0.717, 1.165) is 35.2 Å². The van der Waals surface area contributed by atoms with E-state index >= 15 is 0 Å². The SMILES string of the molecule is Cc1[nH]c2ccccc2c1CC(=O)N1CCN(CC(=O)NC(C)C)CC1. The molecule has 2 heterocycles. The Hall–Kier alpha value is -2.34. The Morgan fingerprint density at radius 2 is 1.85 bits per heavy atom. The Balaban J connectivity index is 1.55. The summed E-state index contributed by atoms with van der Waals surface area (Å²) in [5, 5.41) is 4.04. The summed E-state index contributed by atoms with van der Waals surface area (Å²) in [5.41, 5.74) is 3.22.